The van der Waals surface area contributed by atoms with Gasteiger partial charge in [-0.3, -0.25) is 4.99 Å². The predicted octanol–water partition coefficient (Wildman–Crippen LogP) is 2.64. The van der Waals surface area contributed by atoms with Crippen LogP contribution in [0.3, 0.4) is 0 Å². The Morgan fingerprint density at radius 3 is 2.76 bits per heavy atom. The maximum Gasteiger partial charge on any atom is 0.193 e. The van der Waals surface area contributed by atoms with E-state index in [4.69, 9.17) is 13.9 Å². The van der Waals surface area contributed by atoms with Crippen LogP contribution in [0.1, 0.15) is 18.6 Å². The van der Waals surface area contributed by atoms with E-state index in [-0.39, 0.29) is 5.60 Å². The van der Waals surface area contributed by atoms with Crippen molar-refractivity contribution in [2.24, 2.45) is 4.99 Å². The summed E-state index contributed by atoms with van der Waals surface area (Å²) in [6.07, 6.45) is 1.78. The quantitative estimate of drug-likeness (QED) is 0.667. The molecule has 1 aliphatic rings. The lowest BCUT2D eigenvalue weighted by Gasteiger charge is -2.37. The number of furan rings is 1. The lowest BCUT2D eigenvalue weighted by atomic mass is 9.94. The largest absolute Gasteiger partial charge is 0.459 e. The van der Waals surface area contributed by atoms with E-state index in [9.17, 15) is 0 Å². The van der Waals surface area contributed by atoms with E-state index in [1.807, 2.05) is 25.2 Å². The van der Waals surface area contributed by atoms with Gasteiger partial charge < -0.3 is 24.1 Å². The molecule has 0 unspecified atom stereocenters. The molecule has 6 heteroatoms. The number of methoxy groups -OCH3 is 1. The molecule has 3 rings (SSSR count). The van der Waals surface area contributed by atoms with Gasteiger partial charge in [0.25, 0.3) is 0 Å². The van der Waals surface area contributed by atoms with Crippen molar-refractivity contribution in [3.63, 3.8) is 0 Å². The van der Waals surface area contributed by atoms with E-state index in [2.05, 4.69) is 27.3 Å². The highest BCUT2D eigenvalue weighted by atomic mass is 16.5. The molecule has 0 radical (unpaired) electrons. The smallest absolute Gasteiger partial charge is 0.193 e. The summed E-state index contributed by atoms with van der Waals surface area (Å²) in [7, 11) is 5.57. The number of hydrogen-bond donors (Lipinski definition) is 1. The maximum absolute atomic E-state index is 5.90. The summed E-state index contributed by atoms with van der Waals surface area (Å²) in [6.45, 7) is 2.84. The SMILES string of the molecule is CN=C(NCC1(OC)CCOCC1)N(C)Cc1cc2ccccc2o1. The Balaban J connectivity index is 1.62. The van der Waals surface area contributed by atoms with Gasteiger partial charge in [0.15, 0.2) is 5.96 Å². The molecule has 25 heavy (non-hydrogen) atoms. The van der Waals surface area contributed by atoms with Gasteiger partial charge in [0, 0.05) is 59.2 Å². The molecule has 2 aromatic rings. The highest BCUT2D eigenvalue weighted by molar-refractivity contribution is 5.80. The van der Waals surface area contributed by atoms with E-state index in [1.54, 1.807) is 14.2 Å². The summed E-state index contributed by atoms with van der Waals surface area (Å²) < 4.78 is 17.1. The van der Waals surface area contributed by atoms with Crippen LogP contribution >= 0.6 is 0 Å². The van der Waals surface area contributed by atoms with E-state index in [0.29, 0.717) is 13.1 Å². The summed E-state index contributed by atoms with van der Waals surface area (Å²) >= 11 is 0. The predicted molar refractivity (Wildman–Crippen MR) is 98.8 cm³/mol. The molecule has 0 atom stereocenters. The molecule has 1 N–H and O–H groups in total. The molecule has 1 aromatic carbocycles. The Morgan fingerprint density at radius 2 is 2.08 bits per heavy atom. The molecule has 1 aromatic heterocycles. The number of aliphatic imine (C=N–C) groups is 1. The zero-order valence-electron chi connectivity index (χ0n) is 15.2. The minimum absolute atomic E-state index is 0.186. The van der Waals surface area contributed by atoms with Crippen LogP contribution in [0.25, 0.3) is 11.0 Å². The maximum atomic E-state index is 5.90. The average Bonchev–Trinajstić information content (AvgIpc) is 3.05. The highest BCUT2D eigenvalue weighted by Crippen LogP contribution is 2.24. The van der Waals surface area contributed by atoms with Crippen LogP contribution in [0.2, 0.25) is 0 Å². The average molecular weight is 345 g/mol. The molecule has 136 valence electrons. The summed E-state index contributed by atoms with van der Waals surface area (Å²) in [5, 5.41) is 4.56. The van der Waals surface area contributed by atoms with Crippen LogP contribution < -0.4 is 5.32 Å². The standard InChI is InChI=1S/C19H27N3O3/c1-20-18(21-14-19(23-3)8-10-24-11-9-19)22(2)13-16-12-15-6-4-5-7-17(15)25-16/h4-7,12H,8-11,13-14H2,1-3H3,(H,20,21). The van der Waals surface area contributed by atoms with Crippen LogP contribution in [0, 0.1) is 0 Å². The van der Waals surface area contributed by atoms with Crippen LogP contribution in [0.15, 0.2) is 39.7 Å². The molecule has 1 aliphatic heterocycles. The molecule has 6 nitrogen and oxygen atoms in total. The third-order valence-corrected chi connectivity index (χ3v) is 4.85. The van der Waals surface area contributed by atoms with Crippen molar-refractivity contribution < 1.29 is 13.9 Å². The fourth-order valence-electron chi connectivity index (χ4n) is 3.24. The molecular formula is C19H27N3O3. The van der Waals surface area contributed by atoms with Gasteiger partial charge in [-0.15, -0.1) is 0 Å². The fraction of sp³-hybridized carbons (Fsp3) is 0.526. The second kappa shape index (κ2) is 7.89. The number of fused-ring (bicyclic) bond motifs is 1. The van der Waals surface area contributed by atoms with Crippen LogP contribution in [0.5, 0.6) is 0 Å². The van der Waals surface area contributed by atoms with Gasteiger partial charge in [-0.1, -0.05) is 18.2 Å². The molecule has 2 heterocycles. The zero-order chi connectivity index (χ0) is 17.7. The van der Waals surface area contributed by atoms with Gasteiger partial charge in [-0.05, 0) is 12.1 Å². The second-order valence-electron chi connectivity index (χ2n) is 6.51. The van der Waals surface area contributed by atoms with Crippen molar-refractivity contribution >= 4 is 16.9 Å². The number of nitrogens with one attached hydrogen (secondary N) is 1. The molecule has 1 fully saturated rings. The number of rotatable bonds is 5. The number of para-hydroxylation sites is 1. The van der Waals surface area contributed by atoms with E-state index < -0.39 is 0 Å². The third-order valence-electron chi connectivity index (χ3n) is 4.85. The molecular weight excluding hydrogens is 318 g/mol. The molecule has 0 spiro atoms. The first-order chi connectivity index (χ1) is 12.2. The topological polar surface area (TPSA) is 59.2 Å². The van der Waals surface area contributed by atoms with Crippen LogP contribution in [-0.4, -0.2) is 57.4 Å². The summed E-state index contributed by atoms with van der Waals surface area (Å²) in [5.74, 6) is 1.74. The summed E-state index contributed by atoms with van der Waals surface area (Å²) in [4.78, 5) is 6.45. The first kappa shape index (κ1) is 17.8. The Kier molecular flexibility index (Phi) is 5.60. The van der Waals surface area contributed by atoms with Crippen molar-refractivity contribution in [1.82, 2.24) is 10.2 Å². The number of benzene rings is 1. The second-order valence-corrected chi connectivity index (χ2v) is 6.51. The zero-order valence-corrected chi connectivity index (χ0v) is 15.2. The lowest BCUT2D eigenvalue weighted by Crippen LogP contribution is -2.50. The van der Waals surface area contributed by atoms with Crippen molar-refractivity contribution in [3.05, 3.63) is 36.1 Å². The molecule has 0 amide bonds. The highest BCUT2D eigenvalue weighted by Gasteiger charge is 2.32. The van der Waals surface area contributed by atoms with Gasteiger partial charge >= 0.3 is 0 Å². The van der Waals surface area contributed by atoms with Crippen LogP contribution in [-0.2, 0) is 16.0 Å². The third kappa shape index (κ3) is 4.14. The van der Waals surface area contributed by atoms with Crippen LogP contribution in [0.4, 0.5) is 0 Å². The van der Waals surface area contributed by atoms with Crippen molar-refractivity contribution in [3.8, 4) is 0 Å². The molecule has 0 bridgehead atoms. The Bertz CT molecular complexity index is 687. The monoisotopic (exact) mass is 345 g/mol. The first-order valence-electron chi connectivity index (χ1n) is 8.68. The number of guanidine groups is 1. The van der Waals surface area contributed by atoms with Gasteiger partial charge in [0.2, 0.25) is 0 Å². The minimum Gasteiger partial charge on any atom is -0.459 e. The van der Waals surface area contributed by atoms with E-state index >= 15 is 0 Å². The van der Waals surface area contributed by atoms with Gasteiger partial charge in [-0.2, -0.15) is 0 Å². The Hall–Kier alpha value is -2.05. The van der Waals surface area contributed by atoms with Gasteiger partial charge in [0.1, 0.15) is 11.3 Å². The molecule has 1 saturated heterocycles. The molecule has 0 saturated carbocycles. The fourth-order valence-corrected chi connectivity index (χ4v) is 3.24. The number of ether oxygens (including phenoxy) is 2. The van der Waals surface area contributed by atoms with E-state index in [0.717, 1.165) is 48.7 Å². The van der Waals surface area contributed by atoms with Crippen molar-refractivity contribution in [1.29, 1.82) is 0 Å². The Morgan fingerprint density at radius 1 is 1.32 bits per heavy atom. The van der Waals surface area contributed by atoms with Gasteiger partial charge in [-0.25, -0.2) is 0 Å². The van der Waals surface area contributed by atoms with Crippen molar-refractivity contribution in [2.45, 2.75) is 25.0 Å². The van der Waals surface area contributed by atoms with E-state index in [1.165, 1.54) is 0 Å². The Labute approximate surface area is 148 Å². The summed E-state index contributed by atoms with van der Waals surface area (Å²) in [5.41, 5.74) is 0.725. The summed E-state index contributed by atoms with van der Waals surface area (Å²) in [6, 6.07) is 10.1. The minimum atomic E-state index is -0.186. The van der Waals surface area contributed by atoms with Crippen molar-refractivity contribution in [2.75, 3.05) is 41.0 Å². The number of hydrogen-bond acceptors (Lipinski definition) is 4. The normalized spacial score (nSPS) is 17.6. The first-order valence-corrected chi connectivity index (χ1v) is 8.68. The van der Waals surface area contributed by atoms with Gasteiger partial charge in [0.05, 0.1) is 12.1 Å². The molecule has 0 aliphatic carbocycles. The number of nitrogens with zero attached hydrogens (tertiary/aromatic N) is 2. The lowest BCUT2D eigenvalue weighted by molar-refractivity contribution is -0.0857.